The van der Waals surface area contributed by atoms with Gasteiger partial charge in [0.1, 0.15) is 18.1 Å². The Kier molecular flexibility index (Phi) is 9.54. The molecule has 0 fully saturated rings. The number of aliphatic hydroxyl groups is 2. The van der Waals surface area contributed by atoms with E-state index in [2.05, 4.69) is 30.9 Å². The molecule has 10 N–H and O–H groups in total. The minimum atomic E-state index is -1.57. The number of imidazole rings is 1. The van der Waals surface area contributed by atoms with E-state index in [-0.39, 0.29) is 12.8 Å². The third-order valence-electron chi connectivity index (χ3n) is 5.92. The van der Waals surface area contributed by atoms with Gasteiger partial charge >= 0.3 is 5.97 Å². The third-order valence-corrected chi connectivity index (χ3v) is 5.92. The molecule has 0 saturated carbocycles. The third kappa shape index (κ3) is 7.15. The molecule has 0 radical (unpaired) electrons. The zero-order valence-corrected chi connectivity index (χ0v) is 20.5. The molecule has 2 heterocycles. The van der Waals surface area contributed by atoms with Gasteiger partial charge in [-0.15, -0.1) is 0 Å². The van der Waals surface area contributed by atoms with E-state index in [4.69, 9.17) is 5.73 Å². The van der Waals surface area contributed by atoms with Crippen molar-refractivity contribution in [3.63, 3.8) is 0 Å². The Morgan fingerprint density at radius 1 is 1.00 bits per heavy atom. The number of rotatable bonds is 13. The van der Waals surface area contributed by atoms with Gasteiger partial charge in [-0.3, -0.25) is 14.4 Å². The maximum absolute atomic E-state index is 12.8. The summed E-state index contributed by atoms with van der Waals surface area (Å²) in [7, 11) is 0. The highest BCUT2D eigenvalue weighted by Gasteiger charge is 2.32. The van der Waals surface area contributed by atoms with Gasteiger partial charge in [0.05, 0.1) is 25.1 Å². The van der Waals surface area contributed by atoms with Gasteiger partial charge in [0.2, 0.25) is 17.7 Å². The zero-order valence-electron chi connectivity index (χ0n) is 20.5. The number of aliphatic hydroxyl groups excluding tert-OH is 2. The lowest BCUT2D eigenvalue weighted by Crippen LogP contribution is -2.60. The fourth-order valence-electron chi connectivity index (χ4n) is 3.84. The summed E-state index contributed by atoms with van der Waals surface area (Å²) in [4.78, 5) is 59.4. The summed E-state index contributed by atoms with van der Waals surface area (Å²) in [5, 5.41) is 37.0. The molecule has 3 amide bonds. The predicted octanol–water partition coefficient (Wildman–Crippen LogP) is -2.08. The van der Waals surface area contributed by atoms with Crippen LogP contribution >= 0.6 is 0 Å². The molecule has 0 aliphatic carbocycles. The number of aromatic amines is 2. The van der Waals surface area contributed by atoms with Crippen molar-refractivity contribution < 1.29 is 34.5 Å². The summed E-state index contributed by atoms with van der Waals surface area (Å²) in [6.45, 7) is 0.405. The number of benzene rings is 1. The lowest BCUT2D eigenvalue weighted by atomic mass is 10.0. The Labute approximate surface area is 217 Å². The predicted molar refractivity (Wildman–Crippen MR) is 134 cm³/mol. The number of nitrogens with two attached hydrogens (primary N) is 1. The zero-order chi connectivity index (χ0) is 27.8. The first kappa shape index (κ1) is 28.3. The van der Waals surface area contributed by atoms with Crippen molar-refractivity contribution in [1.29, 1.82) is 0 Å². The molecule has 0 saturated heterocycles. The van der Waals surface area contributed by atoms with E-state index in [1.807, 2.05) is 24.3 Å². The van der Waals surface area contributed by atoms with Crippen LogP contribution in [0, 0.1) is 0 Å². The van der Waals surface area contributed by atoms with E-state index in [1.54, 1.807) is 6.20 Å². The molecule has 14 heteroatoms. The number of carbonyl (C=O) groups is 4. The van der Waals surface area contributed by atoms with Gasteiger partial charge in [-0.1, -0.05) is 18.2 Å². The minimum Gasteiger partial charge on any atom is -0.480 e. The van der Waals surface area contributed by atoms with E-state index in [1.165, 1.54) is 19.4 Å². The topological polar surface area (TPSA) is 236 Å². The summed E-state index contributed by atoms with van der Waals surface area (Å²) >= 11 is 0. The average Bonchev–Trinajstić information content (AvgIpc) is 3.54. The number of nitrogens with zero attached hydrogens (tertiary/aromatic N) is 1. The average molecular weight is 530 g/mol. The molecular weight excluding hydrogens is 498 g/mol. The highest BCUT2D eigenvalue weighted by molar-refractivity contribution is 5.94. The first-order chi connectivity index (χ1) is 18.1. The van der Waals surface area contributed by atoms with Crippen LogP contribution in [0.3, 0.4) is 0 Å². The van der Waals surface area contributed by atoms with Crippen molar-refractivity contribution in [2.24, 2.45) is 5.73 Å². The monoisotopic (exact) mass is 529 g/mol. The van der Waals surface area contributed by atoms with Crippen LogP contribution < -0.4 is 21.7 Å². The summed E-state index contributed by atoms with van der Waals surface area (Å²) in [6, 6.07) is 1.98. The summed E-state index contributed by atoms with van der Waals surface area (Å²) in [5.74, 6) is -4.00. The Hall–Kier alpha value is -4.27. The largest absolute Gasteiger partial charge is 0.480 e. The van der Waals surface area contributed by atoms with Crippen LogP contribution in [-0.4, -0.2) is 90.8 Å². The molecule has 2 aromatic heterocycles. The van der Waals surface area contributed by atoms with E-state index in [9.17, 15) is 34.5 Å². The molecule has 5 atom stereocenters. The van der Waals surface area contributed by atoms with Crippen LogP contribution in [0.5, 0.6) is 0 Å². The molecule has 3 aromatic rings. The second kappa shape index (κ2) is 12.8. The van der Waals surface area contributed by atoms with Gasteiger partial charge in [0, 0.05) is 35.4 Å². The fraction of sp³-hybridized carbons (Fsp3) is 0.375. The van der Waals surface area contributed by atoms with Gasteiger partial charge in [0.25, 0.3) is 0 Å². The summed E-state index contributed by atoms with van der Waals surface area (Å²) in [5.41, 5.74) is 8.15. The normalized spacial score (nSPS) is 15.2. The SMILES string of the molecule is CC(O)C(NC(=O)C(CO)NC(=O)C(N)Cc1c[nH]c2ccccc12)C(=O)NC(Cc1cnc[nH]1)C(=O)O. The van der Waals surface area contributed by atoms with Crippen LogP contribution in [0.2, 0.25) is 0 Å². The summed E-state index contributed by atoms with van der Waals surface area (Å²) in [6.07, 6.45) is 3.08. The van der Waals surface area contributed by atoms with E-state index < -0.39 is 60.6 Å². The van der Waals surface area contributed by atoms with Crippen molar-refractivity contribution in [3.05, 3.63) is 54.2 Å². The van der Waals surface area contributed by atoms with Gasteiger partial charge in [-0.2, -0.15) is 0 Å². The number of carboxylic acid groups (broad SMARTS) is 1. The van der Waals surface area contributed by atoms with Crippen LogP contribution in [0.25, 0.3) is 10.9 Å². The Morgan fingerprint density at radius 2 is 1.71 bits per heavy atom. The molecule has 5 unspecified atom stereocenters. The van der Waals surface area contributed by atoms with Crippen LogP contribution in [0.15, 0.2) is 43.0 Å². The maximum atomic E-state index is 12.8. The van der Waals surface area contributed by atoms with Gasteiger partial charge in [0.15, 0.2) is 0 Å². The standard InChI is InChI=1S/C24H31N7O7/c1-12(33)20(23(36)29-18(24(37)38)7-14-9-26-11-28-14)31-22(35)19(10-32)30-21(34)16(25)6-13-8-27-17-5-3-2-4-15(13)17/h2-5,8-9,11-12,16,18-20,27,32-33H,6-7,10,25H2,1H3,(H,26,28)(H,29,36)(H,30,34)(H,31,35)(H,37,38). The van der Waals surface area contributed by atoms with Crippen molar-refractivity contribution >= 4 is 34.6 Å². The molecule has 1 aromatic carbocycles. The minimum absolute atomic E-state index is 0.120. The number of fused-ring (bicyclic) bond motifs is 1. The number of hydrogen-bond acceptors (Lipinski definition) is 8. The number of carbonyl (C=O) groups excluding carboxylic acids is 3. The number of carboxylic acids is 1. The number of H-pyrrole nitrogens is 2. The molecule has 14 nitrogen and oxygen atoms in total. The quantitative estimate of drug-likeness (QED) is 0.118. The second-order valence-electron chi connectivity index (χ2n) is 8.82. The van der Waals surface area contributed by atoms with Gasteiger partial charge < -0.3 is 47.0 Å². The first-order valence-corrected chi connectivity index (χ1v) is 11.8. The maximum Gasteiger partial charge on any atom is 0.326 e. The van der Waals surface area contributed by atoms with Crippen molar-refractivity contribution in [2.45, 2.75) is 50.0 Å². The van der Waals surface area contributed by atoms with Gasteiger partial charge in [-0.05, 0) is 25.0 Å². The number of amides is 3. The highest BCUT2D eigenvalue weighted by atomic mass is 16.4. The second-order valence-corrected chi connectivity index (χ2v) is 8.82. The first-order valence-electron chi connectivity index (χ1n) is 11.8. The number of para-hydroxylation sites is 1. The van der Waals surface area contributed by atoms with E-state index >= 15 is 0 Å². The Bertz CT molecular complexity index is 1260. The Morgan fingerprint density at radius 3 is 2.34 bits per heavy atom. The molecule has 0 spiro atoms. The number of aromatic nitrogens is 3. The van der Waals surface area contributed by atoms with Crippen LogP contribution in [-0.2, 0) is 32.0 Å². The molecular formula is C24H31N7O7. The molecule has 38 heavy (non-hydrogen) atoms. The molecule has 0 aliphatic rings. The molecule has 0 bridgehead atoms. The number of hydrogen-bond donors (Lipinski definition) is 9. The molecule has 0 aliphatic heterocycles. The molecule has 3 rings (SSSR count). The van der Waals surface area contributed by atoms with Crippen molar-refractivity contribution in [1.82, 2.24) is 30.9 Å². The van der Waals surface area contributed by atoms with Crippen LogP contribution in [0.4, 0.5) is 0 Å². The number of aliphatic carboxylic acids is 1. The van der Waals surface area contributed by atoms with Crippen LogP contribution in [0.1, 0.15) is 18.2 Å². The lowest BCUT2D eigenvalue weighted by Gasteiger charge is -2.25. The fourth-order valence-corrected chi connectivity index (χ4v) is 3.84. The summed E-state index contributed by atoms with van der Waals surface area (Å²) < 4.78 is 0. The van der Waals surface area contributed by atoms with Crippen molar-refractivity contribution in [3.8, 4) is 0 Å². The van der Waals surface area contributed by atoms with Gasteiger partial charge in [-0.25, -0.2) is 9.78 Å². The highest BCUT2D eigenvalue weighted by Crippen LogP contribution is 2.18. The van der Waals surface area contributed by atoms with E-state index in [0.717, 1.165) is 16.5 Å². The number of nitrogens with one attached hydrogen (secondary N) is 5. The van der Waals surface area contributed by atoms with E-state index in [0.29, 0.717) is 5.69 Å². The lowest BCUT2D eigenvalue weighted by molar-refractivity contribution is -0.143. The van der Waals surface area contributed by atoms with Crippen molar-refractivity contribution in [2.75, 3.05) is 6.61 Å². The Balaban J connectivity index is 1.61. The molecule has 204 valence electrons. The smallest absolute Gasteiger partial charge is 0.326 e.